The normalized spacial score (nSPS) is 15.6. The number of morpholine rings is 1. The summed E-state index contributed by atoms with van der Waals surface area (Å²) in [5.74, 6) is 1.65. The summed E-state index contributed by atoms with van der Waals surface area (Å²) in [6, 6.07) is 8.06. The number of aliphatic imine (C=N–C) groups is 1. The predicted octanol–water partition coefficient (Wildman–Crippen LogP) is 2.11. The number of nitrogens with one attached hydrogen (secondary N) is 2. The lowest BCUT2D eigenvalue weighted by Crippen LogP contribution is -2.56. The number of benzene rings is 1. The van der Waals surface area contributed by atoms with E-state index in [1.54, 1.807) is 14.2 Å². The van der Waals surface area contributed by atoms with Crippen LogP contribution in [0.5, 0.6) is 5.75 Å². The van der Waals surface area contributed by atoms with Gasteiger partial charge in [0.1, 0.15) is 12.4 Å². The molecule has 1 aromatic rings. The second-order valence-corrected chi connectivity index (χ2v) is 7.18. The van der Waals surface area contributed by atoms with E-state index in [-0.39, 0.29) is 29.5 Å². The first kappa shape index (κ1) is 24.9. The number of methoxy groups -OCH3 is 1. The summed E-state index contributed by atoms with van der Waals surface area (Å²) in [6.45, 7) is 10.7. The SMILES string of the molecule is CN=C(NCc1ccc(OCCOC)cc1)NCC(C)(C)N1CCOCC1.I. The minimum absolute atomic E-state index is 0. The molecule has 1 aromatic carbocycles. The van der Waals surface area contributed by atoms with Gasteiger partial charge in [0.05, 0.1) is 19.8 Å². The molecule has 160 valence electrons. The number of halogens is 1. The van der Waals surface area contributed by atoms with Crippen molar-refractivity contribution in [3.63, 3.8) is 0 Å². The molecule has 0 aromatic heterocycles. The van der Waals surface area contributed by atoms with Gasteiger partial charge >= 0.3 is 0 Å². The highest BCUT2D eigenvalue weighted by Gasteiger charge is 2.28. The molecule has 1 aliphatic heterocycles. The third-order valence-electron chi connectivity index (χ3n) is 4.72. The van der Waals surface area contributed by atoms with Gasteiger partial charge in [0, 0.05) is 45.9 Å². The fourth-order valence-electron chi connectivity index (χ4n) is 2.93. The molecule has 8 heteroatoms. The first-order valence-electron chi connectivity index (χ1n) is 9.53. The summed E-state index contributed by atoms with van der Waals surface area (Å²) in [6.07, 6.45) is 0. The Morgan fingerprint density at radius 3 is 2.43 bits per heavy atom. The average molecular weight is 506 g/mol. The minimum Gasteiger partial charge on any atom is -0.491 e. The molecule has 1 aliphatic rings. The van der Waals surface area contributed by atoms with E-state index in [9.17, 15) is 0 Å². The molecule has 0 aliphatic carbocycles. The van der Waals surface area contributed by atoms with E-state index >= 15 is 0 Å². The molecule has 0 amide bonds. The Morgan fingerprint density at radius 2 is 1.82 bits per heavy atom. The van der Waals surface area contributed by atoms with Crippen LogP contribution in [0.2, 0.25) is 0 Å². The lowest BCUT2D eigenvalue weighted by Gasteiger charge is -2.41. The van der Waals surface area contributed by atoms with Crippen molar-refractivity contribution in [2.45, 2.75) is 25.9 Å². The Bertz CT molecular complexity index is 575. The Hall–Kier alpha value is -1.10. The van der Waals surface area contributed by atoms with Gasteiger partial charge in [-0.25, -0.2) is 0 Å². The third kappa shape index (κ3) is 8.50. The van der Waals surface area contributed by atoms with Crippen LogP contribution in [-0.2, 0) is 16.0 Å². The number of rotatable bonds is 9. The van der Waals surface area contributed by atoms with Crippen molar-refractivity contribution >= 4 is 29.9 Å². The smallest absolute Gasteiger partial charge is 0.191 e. The van der Waals surface area contributed by atoms with Gasteiger partial charge in [-0.15, -0.1) is 24.0 Å². The highest BCUT2D eigenvalue weighted by atomic mass is 127. The van der Waals surface area contributed by atoms with Gasteiger partial charge in [-0.05, 0) is 31.5 Å². The molecule has 7 nitrogen and oxygen atoms in total. The van der Waals surface area contributed by atoms with Crippen LogP contribution in [0.4, 0.5) is 0 Å². The predicted molar refractivity (Wildman–Crippen MR) is 124 cm³/mol. The molecular formula is C20H35IN4O3. The van der Waals surface area contributed by atoms with E-state index in [1.165, 1.54) is 5.56 Å². The second kappa shape index (κ2) is 13.2. The number of ether oxygens (including phenoxy) is 3. The van der Waals surface area contributed by atoms with Crippen molar-refractivity contribution in [1.29, 1.82) is 0 Å². The number of hydrogen-bond acceptors (Lipinski definition) is 5. The molecule has 1 saturated heterocycles. The first-order chi connectivity index (χ1) is 13.0. The van der Waals surface area contributed by atoms with Crippen LogP contribution in [-0.4, -0.2) is 76.6 Å². The Kier molecular flexibility index (Phi) is 11.7. The van der Waals surface area contributed by atoms with Crippen molar-refractivity contribution in [3.8, 4) is 5.75 Å². The maximum atomic E-state index is 5.59. The summed E-state index contributed by atoms with van der Waals surface area (Å²) in [5.41, 5.74) is 1.22. The summed E-state index contributed by atoms with van der Waals surface area (Å²) in [7, 11) is 3.46. The van der Waals surface area contributed by atoms with Crippen LogP contribution in [0.15, 0.2) is 29.3 Å². The highest BCUT2D eigenvalue weighted by molar-refractivity contribution is 14.0. The van der Waals surface area contributed by atoms with Crippen molar-refractivity contribution in [1.82, 2.24) is 15.5 Å². The van der Waals surface area contributed by atoms with E-state index in [0.717, 1.165) is 44.6 Å². The molecule has 2 rings (SSSR count). The summed E-state index contributed by atoms with van der Waals surface area (Å²) in [5, 5.41) is 6.81. The molecule has 1 heterocycles. The molecule has 0 unspecified atom stereocenters. The fourth-order valence-corrected chi connectivity index (χ4v) is 2.93. The van der Waals surface area contributed by atoms with Gasteiger partial charge in [0.25, 0.3) is 0 Å². The molecule has 0 spiro atoms. The highest BCUT2D eigenvalue weighted by Crippen LogP contribution is 2.15. The molecule has 0 atom stereocenters. The van der Waals surface area contributed by atoms with Gasteiger partial charge in [0.15, 0.2) is 5.96 Å². The summed E-state index contributed by atoms with van der Waals surface area (Å²) >= 11 is 0. The van der Waals surface area contributed by atoms with Crippen LogP contribution in [0.3, 0.4) is 0 Å². The van der Waals surface area contributed by atoms with Gasteiger partial charge in [-0.3, -0.25) is 9.89 Å². The monoisotopic (exact) mass is 506 g/mol. The zero-order chi connectivity index (χ0) is 19.5. The minimum atomic E-state index is 0. The van der Waals surface area contributed by atoms with Gasteiger partial charge in [0.2, 0.25) is 0 Å². The van der Waals surface area contributed by atoms with E-state index in [0.29, 0.717) is 19.8 Å². The Labute approximate surface area is 186 Å². The molecule has 2 N–H and O–H groups in total. The molecular weight excluding hydrogens is 471 g/mol. The van der Waals surface area contributed by atoms with Crippen LogP contribution in [0, 0.1) is 0 Å². The maximum Gasteiger partial charge on any atom is 0.191 e. The van der Waals surface area contributed by atoms with Crippen molar-refractivity contribution < 1.29 is 14.2 Å². The van der Waals surface area contributed by atoms with Crippen LogP contribution < -0.4 is 15.4 Å². The van der Waals surface area contributed by atoms with Gasteiger partial charge in [-0.2, -0.15) is 0 Å². The average Bonchev–Trinajstić information content (AvgIpc) is 2.70. The quantitative estimate of drug-likeness (QED) is 0.232. The maximum absolute atomic E-state index is 5.59. The Balaban J connectivity index is 0.00000392. The molecule has 0 bridgehead atoms. The summed E-state index contributed by atoms with van der Waals surface area (Å²) < 4.78 is 16.0. The van der Waals surface area contributed by atoms with Gasteiger partial charge in [-0.1, -0.05) is 12.1 Å². The zero-order valence-electron chi connectivity index (χ0n) is 17.5. The van der Waals surface area contributed by atoms with Crippen molar-refractivity contribution in [2.75, 3.05) is 60.2 Å². The van der Waals surface area contributed by atoms with Crippen LogP contribution in [0.1, 0.15) is 19.4 Å². The molecule has 0 radical (unpaired) electrons. The van der Waals surface area contributed by atoms with E-state index in [4.69, 9.17) is 14.2 Å². The van der Waals surface area contributed by atoms with E-state index < -0.39 is 0 Å². The molecule has 28 heavy (non-hydrogen) atoms. The van der Waals surface area contributed by atoms with Crippen molar-refractivity contribution in [3.05, 3.63) is 29.8 Å². The zero-order valence-corrected chi connectivity index (χ0v) is 19.8. The standard InChI is InChI=1S/C20H34N4O3.HI/c1-20(2,24-9-11-26-12-10-24)16-23-19(21-3)22-15-17-5-7-18(8-6-17)27-14-13-25-4;/h5-8H,9-16H2,1-4H3,(H2,21,22,23);1H. The number of hydrogen-bond donors (Lipinski definition) is 2. The largest absolute Gasteiger partial charge is 0.491 e. The molecule has 1 fully saturated rings. The van der Waals surface area contributed by atoms with Crippen LogP contribution >= 0.6 is 24.0 Å². The van der Waals surface area contributed by atoms with E-state index in [2.05, 4.69) is 46.5 Å². The van der Waals surface area contributed by atoms with Crippen molar-refractivity contribution in [2.24, 2.45) is 4.99 Å². The third-order valence-corrected chi connectivity index (χ3v) is 4.72. The second-order valence-electron chi connectivity index (χ2n) is 7.18. The van der Waals surface area contributed by atoms with E-state index in [1.807, 2.05) is 12.1 Å². The Morgan fingerprint density at radius 1 is 1.14 bits per heavy atom. The summed E-state index contributed by atoms with van der Waals surface area (Å²) in [4.78, 5) is 6.79. The van der Waals surface area contributed by atoms with Gasteiger partial charge < -0.3 is 24.8 Å². The lowest BCUT2D eigenvalue weighted by atomic mass is 10.0. The molecule has 0 saturated carbocycles. The topological polar surface area (TPSA) is 67.4 Å². The first-order valence-corrected chi connectivity index (χ1v) is 9.53. The lowest BCUT2D eigenvalue weighted by molar-refractivity contribution is -0.00834. The number of nitrogens with zero attached hydrogens (tertiary/aromatic N) is 2. The number of guanidine groups is 1. The van der Waals surface area contributed by atoms with Crippen LogP contribution in [0.25, 0.3) is 0 Å². The fraction of sp³-hybridized carbons (Fsp3) is 0.650.